The summed E-state index contributed by atoms with van der Waals surface area (Å²) >= 11 is 0. The number of amides is 2. The van der Waals surface area contributed by atoms with Crippen LogP contribution in [0.15, 0.2) is 54.2 Å². The molecular weight excluding hydrogens is 363 g/mol. The molecule has 1 heterocycles. The average Bonchev–Trinajstić information content (AvgIpc) is 2.93. The van der Waals surface area contributed by atoms with Gasteiger partial charge < -0.3 is 14.8 Å². The van der Waals surface area contributed by atoms with Crippen molar-refractivity contribution in [2.75, 3.05) is 32.7 Å². The number of ether oxygens (including phenoxy) is 2. The third-order valence-electron chi connectivity index (χ3n) is 4.40. The van der Waals surface area contributed by atoms with Gasteiger partial charge in [-0.1, -0.05) is 24.3 Å². The van der Waals surface area contributed by atoms with Gasteiger partial charge in [-0.05, 0) is 36.2 Å². The molecule has 0 spiro atoms. The van der Waals surface area contributed by atoms with E-state index in [1.54, 1.807) is 31.4 Å². The molecule has 7 heteroatoms. The number of carbonyl (C=O) groups is 2. The molecule has 2 aromatic rings. The van der Waals surface area contributed by atoms with Crippen LogP contribution in [0.25, 0.3) is 5.57 Å². The Bertz CT molecular complexity index is 909. The largest absolute Gasteiger partial charge is 0.495 e. The number of hydrogen-bond donors (Lipinski definition) is 1. The first-order valence-electron chi connectivity index (χ1n) is 8.82. The minimum Gasteiger partial charge on any atom is -0.495 e. The molecule has 0 aromatic heterocycles. The maximum atomic E-state index is 13.3. The zero-order valence-corrected chi connectivity index (χ0v) is 15.7. The smallest absolute Gasteiger partial charge is 0.278 e. The van der Waals surface area contributed by atoms with E-state index in [4.69, 9.17) is 9.47 Å². The molecule has 0 unspecified atom stereocenters. The Morgan fingerprint density at radius 3 is 2.39 bits per heavy atom. The Kier molecular flexibility index (Phi) is 6.06. The Morgan fingerprint density at radius 1 is 1.00 bits per heavy atom. The number of rotatable bonds is 8. The van der Waals surface area contributed by atoms with Gasteiger partial charge in [0.25, 0.3) is 11.8 Å². The fourth-order valence-corrected chi connectivity index (χ4v) is 3.03. The van der Waals surface area contributed by atoms with E-state index in [9.17, 15) is 14.0 Å². The zero-order valence-electron chi connectivity index (χ0n) is 15.7. The van der Waals surface area contributed by atoms with Crippen LogP contribution in [0, 0.1) is 5.82 Å². The van der Waals surface area contributed by atoms with Crippen molar-refractivity contribution in [3.63, 3.8) is 0 Å². The summed E-state index contributed by atoms with van der Waals surface area (Å²) < 4.78 is 23.7. The second-order valence-corrected chi connectivity index (χ2v) is 6.19. The van der Waals surface area contributed by atoms with Crippen LogP contribution in [0.1, 0.15) is 12.0 Å². The van der Waals surface area contributed by atoms with E-state index in [1.165, 1.54) is 36.3 Å². The number of nitrogens with one attached hydrogen (secondary N) is 1. The van der Waals surface area contributed by atoms with E-state index in [0.29, 0.717) is 30.0 Å². The molecule has 0 fully saturated rings. The molecular formula is C21H21FN2O4. The number of hydrogen-bond acceptors (Lipinski definition) is 5. The number of benzene rings is 2. The Morgan fingerprint density at radius 2 is 1.71 bits per heavy atom. The number of carbonyl (C=O) groups excluding carboxylic acids is 2. The van der Waals surface area contributed by atoms with Gasteiger partial charge in [0, 0.05) is 20.3 Å². The van der Waals surface area contributed by atoms with Crippen molar-refractivity contribution < 1.29 is 23.5 Å². The molecule has 0 aliphatic carbocycles. The predicted molar refractivity (Wildman–Crippen MR) is 103 cm³/mol. The highest BCUT2D eigenvalue weighted by atomic mass is 19.1. The van der Waals surface area contributed by atoms with Crippen molar-refractivity contribution in [1.82, 2.24) is 4.90 Å². The summed E-state index contributed by atoms with van der Waals surface area (Å²) in [5.74, 6) is -0.750. The van der Waals surface area contributed by atoms with Crippen LogP contribution in [-0.4, -0.2) is 44.1 Å². The summed E-state index contributed by atoms with van der Waals surface area (Å²) in [5, 5.41) is 3.04. The highest BCUT2D eigenvalue weighted by Crippen LogP contribution is 2.33. The molecule has 146 valence electrons. The van der Waals surface area contributed by atoms with Crippen molar-refractivity contribution in [1.29, 1.82) is 0 Å². The van der Waals surface area contributed by atoms with Crippen LogP contribution >= 0.6 is 0 Å². The summed E-state index contributed by atoms with van der Waals surface area (Å²) in [7, 11) is 3.08. The van der Waals surface area contributed by atoms with Crippen LogP contribution in [0.2, 0.25) is 0 Å². The third kappa shape index (κ3) is 3.89. The van der Waals surface area contributed by atoms with Crippen LogP contribution in [-0.2, 0) is 14.3 Å². The van der Waals surface area contributed by atoms with E-state index in [0.717, 1.165) is 0 Å². The van der Waals surface area contributed by atoms with E-state index in [1.807, 2.05) is 0 Å². The monoisotopic (exact) mass is 384 g/mol. The predicted octanol–water partition coefficient (Wildman–Crippen LogP) is 3.06. The molecule has 1 aliphatic heterocycles. The van der Waals surface area contributed by atoms with Crippen LogP contribution in [0.4, 0.5) is 10.1 Å². The zero-order chi connectivity index (χ0) is 20.1. The lowest BCUT2D eigenvalue weighted by molar-refractivity contribution is -0.136. The van der Waals surface area contributed by atoms with Crippen molar-refractivity contribution in [3.8, 4) is 5.75 Å². The van der Waals surface area contributed by atoms with Gasteiger partial charge in [-0.25, -0.2) is 4.39 Å². The molecule has 0 saturated heterocycles. The molecule has 2 amide bonds. The van der Waals surface area contributed by atoms with E-state index in [-0.39, 0.29) is 17.8 Å². The van der Waals surface area contributed by atoms with Crippen LogP contribution < -0.4 is 10.1 Å². The first-order chi connectivity index (χ1) is 13.6. The van der Waals surface area contributed by atoms with Crippen molar-refractivity contribution in [2.45, 2.75) is 6.42 Å². The lowest BCUT2D eigenvalue weighted by Gasteiger charge is -2.15. The SMILES string of the molecule is COCCCN1C(=O)C(Nc2ccccc2OC)=C(c2ccc(F)cc2)C1=O. The number of imide groups is 1. The van der Waals surface area contributed by atoms with Gasteiger partial charge in [-0.15, -0.1) is 0 Å². The second kappa shape index (κ2) is 8.67. The van der Waals surface area contributed by atoms with Gasteiger partial charge in [0.15, 0.2) is 0 Å². The topological polar surface area (TPSA) is 67.9 Å². The molecule has 0 atom stereocenters. The van der Waals surface area contributed by atoms with Gasteiger partial charge in [-0.3, -0.25) is 14.5 Å². The summed E-state index contributed by atoms with van der Waals surface area (Å²) in [5.41, 5.74) is 1.36. The minimum absolute atomic E-state index is 0.138. The number of anilines is 1. The highest BCUT2D eigenvalue weighted by molar-refractivity contribution is 6.36. The molecule has 28 heavy (non-hydrogen) atoms. The Balaban J connectivity index is 2.01. The van der Waals surface area contributed by atoms with Crippen molar-refractivity contribution in [2.24, 2.45) is 0 Å². The number of halogens is 1. The quantitative estimate of drug-likeness (QED) is 0.560. The molecule has 3 rings (SSSR count). The van der Waals surface area contributed by atoms with Crippen LogP contribution in [0.3, 0.4) is 0 Å². The molecule has 2 aromatic carbocycles. The van der Waals surface area contributed by atoms with Crippen LogP contribution in [0.5, 0.6) is 5.75 Å². The summed E-state index contributed by atoms with van der Waals surface area (Å²) in [4.78, 5) is 27.2. The highest BCUT2D eigenvalue weighted by Gasteiger charge is 2.39. The lowest BCUT2D eigenvalue weighted by atomic mass is 10.0. The first kappa shape index (κ1) is 19.6. The standard InChI is InChI=1S/C21H21FN2O4/c1-27-13-5-12-24-20(25)18(14-8-10-15(22)11-9-14)19(21(24)26)23-16-6-3-4-7-17(16)28-2/h3-4,6-11,23H,5,12-13H2,1-2H3. The van der Waals surface area contributed by atoms with E-state index >= 15 is 0 Å². The van der Waals surface area contributed by atoms with Gasteiger partial charge >= 0.3 is 0 Å². The van der Waals surface area contributed by atoms with Gasteiger partial charge in [0.05, 0.1) is 18.4 Å². The number of nitrogens with zero attached hydrogens (tertiary/aromatic N) is 1. The molecule has 6 nitrogen and oxygen atoms in total. The Hall–Kier alpha value is -3.19. The molecule has 0 bridgehead atoms. The maximum absolute atomic E-state index is 13.3. The van der Waals surface area contributed by atoms with Gasteiger partial charge in [0.1, 0.15) is 17.3 Å². The number of methoxy groups -OCH3 is 2. The lowest BCUT2D eigenvalue weighted by Crippen LogP contribution is -2.33. The van der Waals surface area contributed by atoms with Crippen molar-refractivity contribution >= 4 is 23.1 Å². The fraction of sp³-hybridized carbons (Fsp3) is 0.238. The molecule has 1 aliphatic rings. The van der Waals surface area contributed by atoms with E-state index < -0.39 is 17.6 Å². The summed E-state index contributed by atoms with van der Waals surface area (Å²) in [6, 6.07) is 12.6. The first-order valence-corrected chi connectivity index (χ1v) is 8.82. The van der Waals surface area contributed by atoms with E-state index in [2.05, 4.69) is 5.32 Å². The number of para-hydroxylation sites is 2. The van der Waals surface area contributed by atoms with Gasteiger partial charge in [-0.2, -0.15) is 0 Å². The summed E-state index contributed by atoms with van der Waals surface area (Å²) in [6.45, 7) is 0.658. The average molecular weight is 384 g/mol. The summed E-state index contributed by atoms with van der Waals surface area (Å²) in [6.07, 6.45) is 0.520. The normalized spacial score (nSPS) is 14.0. The fourth-order valence-electron chi connectivity index (χ4n) is 3.03. The maximum Gasteiger partial charge on any atom is 0.278 e. The second-order valence-electron chi connectivity index (χ2n) is 6.19. The minimum atomic E-state index is -0.439. The van der Waals surface area contributed by atoms with Crippen molar-refractivity contribution in [3.05, 3.63) is 65.6 Å². The third-order valence-corrected chi connectivity index (χ3v) is 4.40. The molecule has 1 N–H and O–H groups in total. The Labute approximate surface area is 162 Å². The van der Waals surface area contributed by atoms with Gasteiger partial charge in [0.2, 0.25) is 0 Å². The molecule has 0 radical (unpaired) electrons. The molecule has 0 saturated carbocycles.